The molecule has 0 aromatic carbocycles. The van der Waals surface area contributed by atoms with E-state index in [1.165, 1.54) is 12.0 Å². The highest BCUT2D eigenvalue weighted by molar-refractivity contribution is 7.12. The molecule has 2 rings (SSSR count). The van der Waals surface area contributed by atoms with Crippen LogP contribution in [0.5, 0.6) is 0 Å². The molecule has 1 saturated heterocycles. The SMILES string of the molecule is COC(=O)CCN1C(=O)C(C(C)C)NC1c1ccc(C)s1. The van der Waals surface area contributed by atoms with Gasteiger partial charge in [-0.05, 0) is 25.0 Å². The van der Waals surface area contributed by atoms with Crippen LogP contribution in [0.1, 0.15) is 36.2 Å². The Kier molecular flexibility index (Phi) is 5.00. The molecule has 0 radical (unpaired) electrons. The molecule has 21 heavy (non-hydrogen) atoms. The number of thiophene rings is 1. The number of hydrogen-bond donors (Lipinski definition) is 1. The van der Waals surface area contributed by atoms with Crippen LogP contribution in [0.2, 0.25) is 0 Å². The van der Waals surface area contributed by atoms with Crippen LogP contribution in [0.15, 0.2) is 12.1 Å². The second-order valence-electron chi connectivity index (χ2n) is 5.60. The van der Waals surface area contributed by atoms with Crippen LogP contribution in [-0.4, -0.2) is 36.5 Å². The lowest BCUT2D eigenvalue weighted by molar-refractivity contribution is -0.141. The van der Waals surface area contributed by atoms with Crippen molar-refractivity contribution in [2.75, 3.05) is 13.7 Å². The summed E-state index contributed by atoms with van der Waals surface area (Å²) in [7, 11) is 1.36. The summed E-state index contributed by atoms with van der Waals surface area (Å²) in [5, 5.41) is 3.40. The van der Waals surface area contributed by atoms with Crippen molar-refractivity contribution in [2.45, 2.75) is 39.4 Å². The highest BCUT2D eigenvalue weighted by Gasteiger charge is 2.41. The van der Waals surface area contributed by atoms with Crippen molar-refractivity contribution in [3.8, 4) is 0 Å². The predicted octanol–water partition coefficient (Wildman–Crippen LogP) is 2.07. The van der Waals surface area contributed by atoms with Gasteiger partial charge in [-0.1, -0.05) is 13.8 Å². The van der Waals surface area contributed by atoms with Gasteiger partial charge in [0.05, 0.1) is 19.6 Å². The van der Waals surface area contributed by atoms with E-state index in [0.717, 1.165) is 4.88 Å². The van der Waals surface area contributed by atoms with E-state index in [-0.39, 0.29) is 36.4 Å². The second-order valence-corrected chi connectivity index (χ2v) is 6.92. The Bertz CT molecular complexity index is 527. The molecule has 6 heteroatoms. The first kappa shape index (κ1) is 16.0. The third-order valence-corrected chi connectivity index (χ3v) is 4.73. The van der Waals surface area contributed by atoms with Gasteiger partial charge in [0.2, 0.25) is 5.91 Å². The van der Waals surface area contributed by atoms with E-state index in [1.54, 1.807) is 16.2 Å². The number of nitrogens with zero attached hydrogens (tertiary/aromatic N) is 1. The molecule has 1 aliphatic rings. The topological polar surface area (TPSA) is 58.6 Å². The lowest BCUT2D eigenvalue weighted by Crippen LogP contribution is -2.35. The molecule has 1 N–H and O–H groups in total. The Labute approximate surface area is 129 Å². The van der Waals surface area contributed by atoms with E-state index < -0.39 is 0 Å². The second kappa shape index (κ2) is 6.58. The minimum Gasteiger partial charge on any atom is -0.469 e. The fraction of sp³-hybridized carbons (Fsp3) is 0.600. The number of aryl methyl sites for hydroxylation is 1. The maximum absolute atomic E-state index is 12.6. The molecule has 5 nitrogen and oxygen atoms in total. The zero-order chi connectivity index (χ0) is 15.6. The largest absolute Gasteiger partial charge is 0.469 e. The van der Waals surface area contributed by atoms with Gasteiger partial charge in [0.15, 0.2) is 0 Å². The lowest BCUT2D eigenvalue weighted by atomic mass is 10.1. The minimum absolute atomic E-state index is 0.0601. The zero-order valence-corrected chi connectivity index (χ0v) is 13.7. The number of rotatable bonds is 5. The molecular weight excluding hydrogens is 288 g/mol. The number of methoxy groups -OCH3 is 1. The van der Waals surface area contributed by atoms with E-state index in [9.17, 15) is 9.59 Å². The van der Waals surface area contributed by atoms with E-state index in [4.69, 9.17) is 0 Å². The number of esters is 1. The molecule has 1 aromatic rings. The Hall–Kier alpha value is -1.40. The minimum atomic E-state index is -0.295. The van der Waals surface area contributed by atoms with Crippen molar-refractivity contribution >= 4 is 23.2 Å². The average molecular weight is 310 g/mol. The van der Waals surface area contributed by atoms with Gasteiger partial charge in [-0.2, -0.15) is 0 Å². The van der Waals surface area contributed by atoms with Crippen molar-refractivity contribution in [3.63, 3.8) is 0 Å². The zero-order valence-electron chi connectivity index (χ0n) is 12.9. The van der Waals surface area contributed by atoms with Crippen molar-refractivity contribution in [1.29, 1.82) is 0 Å². The highest BCUT2D eigenvalue weighted by atomic mass is 32.1. The molecule has 1 amide bonds. The van der Waals surface area contributed by atoms with Crippen LogP contribution in [0.25, 0.3) is 0 Å². The van der Waals surface area contributed by atoms with Gasteiger partial charge in [-0.3, -0.25) is 14.9 Å². The van der Waals surface area contributed by atoms with Crippen LogP contribution in [-0.2, 0) is 14.3 Å². The highest BCUT2D eigenvalue weighted by Crippen LogP contribution is 2.32. The Balaban J connectivity index is 2.18. The first-order valence-electron chi connectivity index (χ1n) is 7.13. The molecule has 0 bridgehead atoms. The Morgan fingerprint density at radius 2 is 2.19 bits per heavy atom. The molecule has 2 heterocycles. The quantitative estimate of drug-likeness (QED) is 0.846. The predicted molar refractivity (Wildman–Crippen MR) is 81.9 cm³/mol. The Morgan fingerprint density at radius 1 is 1.48 bits per heavy atom. The van der Waals surface area contributed by atoms with E-state index in [1.807, 2.05) is 32.9 Å². The van der Waals surface area contributed by atoms with Gasteiger partial charge in [-0.25, -0.2) is 0 Å². The molecule has 1 aromatic heterocycles. The van der Waals surface area contributed by atoms with Gasteiger partial charge >= 0.3 is 5.97 Å². The molecule has 0 saturated carbocycles. The molecule has 1 aliphatic heterocycles. The monoisotopic (exact) mass is 310 g/mol. The fourth-order valence-corrected chi connectivity index (χ4v) is 3.45. The third-order valence-electron chi connectivity index (χ3n) is 3.68. The maximum Gasteiger partial charge on any atom is 0.307 e. The van der Waals surface area contributed by atoms with Crippen LogP contribution < -0.4 is 5.32 Å². The van der Waals surface area contributed by atoms with Gasteiger partial charge in [0.1, 0.15) is 6.17 Å². The van der Waals surface area contributed by atoms with Crippen molar-refractivity contribution in [2.24, 2.45) is 5.92 Å². The molecule has 2 unspecified atom stereocenters. The van der Waals surface area contributed by atoms with Gasteiger partial charge in [0.25, 0.3) is 0 Å². The Morgan fingerprint density at radius 3 is 2.71 bits per heavy atom. The van der Waals surface area contributed by atoms with Crippen LogP contribution >= 0.6 is 11.3 Å². The third kappa shape index (κ3) is 3.44. The van der Waals surface area contributed by atoms with Crippen molar-refractivity contribution < 1.29 is 14.3 Å². The van der Waals surface area contributed by atoms with Crippen molar-refractivity contribution in [1.82, 2.24) is 10.2 Å². The number of ether oxygens (including phenoxy) is 1. The summed E-state index contributed by atoms with van der Waals surface area (Å²) in [4.78, 5) is 28.0. The average Bonchev–Trinajstić information content (AvgIpc) is 3.00. The summed E-state index contributed by atoms with van der Waals surface area (Å²) in [5.74, 6) is -0.0222. The van der Waals surface area contributed by atoms with Crippen LogP contribution in [0.3, 0.4) is 0 Å². The smallest absolute Gasteiger partial charge is 0.307 e. The number of nitrogens with one attached hydrogen (secondary N) is 1. The van der Waals surface area contributed by atoms with Crippen LogP contribution in [0, 0.1) is 12.8 Å². The summed E-state index contributed by atoms with van der Waals surface area (Å²) in [6, 6.07) is 3.89. The van der Waals surface area contributed by atoms with E-state index >= 15 is 0 Å². The summed E-state index contributed by atoms with van der Waals surface area (Å²) in [6.07, 6.45) is 0.0727. The maximum atomic E-state index is 12.6. The summed E-state index contributed by atoms with van der Waals surface area (Å²) >= 11 is 1.67. The fourth-order valence-electron chi connectivity index (χ4n) is 2.50. The number of amides is 1. The summed E-state index contributed by atoms with van der Waals surface area (Å²) < 4.78 is 4.67. The number of carbonyl (C=O) groups is 2. The molecule has 1 fully saturated rings. The first-order chi connectivity index (χ1) is 9.93. The molecular formula is C15H22N2O3S. The van der Waals surface area contributed by atoms with E-state index in [0.29, 0.717) is 6.54 Å². The van der Waals surface area contributed by atoms with Gasteiger partial charge in [0, 0.05) is 16.3 Å². The normalized spacial score (nSPS) is 22.1. The molecule has 0 aliphatic carbocycles. The lowest BCUT2D eigenvalue weighted by Gasteiger charge is -2.22. The van der Waals surface area contributed by atoms with E-state index in [2.05, 4.69) is 10.1 Å². The molecule has 2 atom stereocenters. The first-order valence-corrected chi connectivity index (χ1v) is 7.95. The number of carbonyl (C=O) groups excluding carboxylic acids is 2. The molecule has 116 valence electrons. The standard InChI is InChI=1S/C15H22N2O3S/c1-9(2)13-15(19)17(8-7-12(18)20-4)14(16-13)11-6-5-10(3)21-11/h5-6,9,13-14,16H,7-8H2,1-4H3. The van der Waals surface area contributed by atoms with Gasteiger partial charge < -0.3 is 9.64 Å². The van der Waals surface area contributed by atoms with Gasteiger partial charge in [-0.15, -0.1) is 11.3 Å². The summed E-state index contributed by atoms with van der Waals surface area (Å²) in [5.41, 5.74) is 0. The van der Waals surface area contributed by atoms with Crippen LogP contribution in [0.4, 0.5) is 0 Å². The number of hydrogen-bond acceptors (Lipinski definition) is 5. The summed E-state index contributed by atoms with van der Waals surface area (Å²) in [6.45, 7) is 6.47. The van der Waals surface area contributed by atoms with Crippen molar-refractivity contribution in [3.05, 3.63) is 21.9 Å². The molecule has 0 spiro atoms.